The quantitative estimate of drug-likeness (QED) is 0.674. The van der Waals surface area contributed by atoms with Crippen LogP contribution < -0.4 is 0 Å². The van der Waals surface area contributed by atoms with Crippen LogP contribution in [0.4, 0.5) is 0 Å². The van der Waals surface area contributed by atoms with Gasteiger partial charge >= 0.3 is 0 Å². The third-order valence-electron chi connectivity index (χ3n) is 6.12. The summed E-state index contributed by atoms with van der Waals surface area (Å²) in [6.07, 6.45) is 0.913. The van der Waals surface area contributed by atoms with Crippen LogP contribution in [-0.4, -0.2) is 87.3 Å². The fourth-order valence-corrected chi connectivity index (χ4v) is 6.43. The lowest BCUT2D eigenvalue weighted by atomic mass is 9.96. The standard InChI is InChI=1S/C22H33N3O5S/c1-16-13-17(2)21(18(3)14-16)31(28,29)25-7-5-19(6-8-25)22(27)23(4)15-20(26)24-9-11-30-12-10-24/h13-14,19H,5-12,15H2,1-4H3. The first kappa shape index (κ1) is 23.7. The third-order valence-corrected chi connectivity index (χ3v) is 8.32. The molecule has 0 aliphatic carbocycles. The fraction of sp³-hybridized carbons (Fsp3) is 0.636. The molecule has 2 aliphatic heterocycles. The Labute approximate surface area is 185 Å². The van der Waals surface area contributed by atoms with Gasteiger partial charge in [0.25, 0.3) is 0 Å². The van der Waals surface area contributed by atoms with E-state index in [1.54, 1.807) is 11.9 Å². The summed E-state index contributed by atoms with van der Waals surface area (Å²) in [5.41, 5.74) is 2.53. The average Bonchev–Trinajstić information content (AvgIpc) is 2.73. The molecule has 2 saturated heterocycles. The van der Waals surface area contributed by atoms with Crippen molar-refractivity contribution in [3.63, 3.8) is 0 Å². The van der Waals surface area contributed by atoms with Gasteiger partial charge in [0.05, 0.1) is 24.7 Å². The number of aryl methyl sites for hydroxylation is 3. The number of benzene rings is 1. The lowest BCUT2D eigenvalue weighted by Crippen LogP contribution is -2.48. The predicted molar refractivity (Wildman–Crippen MR) is 117 cm³/mol. The molecule has 0 aromatic heterocycles. The van der Waals surface area contributed by atoms with Gasteiger partial charge in [0.2, 0.25) is 21.8 Å². The Balaban J connectivity index is 1.59. The smallest absolute Gasteiger partial charge is 0.243 e. The number of piperidine rings is 1. The van der Waals surface area contributed by atoms with Crippen LogP contribution in [0, 0.1) is 26.7 Å². The molecule has 2 heterocycles. The number of ether oxygens (including phenoxy) is 1. The zero-order valence-electron chi connectivity index (χ0n) is 18.9. The minimum absolute atomic E-state index is 0.0408. The summed E-state index contributed by atoms with van der Waals surface area (Å²) in [6, 6.07) is 3.77. The molecular weight excluding hydrogens is 418 g/mol. The highest BCUT2D eigenvalue weighted by Crippen LogP contribution is 2.29. The van der Waals surface area contributed by atoms with E-state index < -0.39 is 10.0 Å². The van der Waals surface area contributed by atoms with Crippen molar-refractivity contribution >= 4 is 21.8 Å². The van der Waals surface area contributed by atoms with E-state index in [0.29, 0.717) is 57.1 Å². The Morgan fingerprint density at radius 2 is 1.58 bits per heavy atom. The van der Waals surface area contributed by atoms with Crippen molar-refractivity contribution in [3.05, 3.63) is 28.8 Å². The van der Waals surface area contributed by atoms with Crippen molar-refractivity contribution in [2.24, 2.45) is 5.92 Å². The Morgan fingerprint density at radius 3 is 2.13 bits per heavy atom. The van der Waals surface area contributed by atoms with Crippen molar-refractivity contribution < 1.29 is 22.7 Å². The van der Waals surface area contributed by atoms with Gasteiger partial charge in [-0.05, 0) is 44.7 Å². The molecule has 2 fully saturated rings. The highest BCUT2D eigenvalue weighted by atomic mass is 32.2. The summed E-state index contributed by atoms with van der Waals surface area (Å²) >= 11 is 0. The zero-order valence-corrected chi connectivity index (χ0v) is 19.7. The number of hydrogen-bond acceptors (Lipinski definition) is 5. The molecular formula is C22H33N3O5S. The van der Waals surface area contributed by atoms with Gasteiger partial charge < -0.3 is 14.5 Å². The molecule has 1 aromatic rings. The van der Waals surface area contributed by atoms with Crippen molar-refractivity contribution in [1.29, 1.82) is 0 Å². The van der Waals surface area contributed by atoms with E-state index in [0.717, 1.165) is 16.7 Å². The van der Waals surface area contributed by atoms with E-state index in [-0.39, 0.29) is 24.3 Å². The molecule has 31 heavy (non-hydrogen) atoms. The molecule has 0 atom stereocenters. The number of carbonyl (C=O) groups excluding carboxylic acids is 2. The first-order valence-corrected chi connectivity index (χ1v) is 12.2. The highest BCUT2D eigenvalue weighted by molar-refractivity contribution is 7.89. The van der Waals surface area contributed by atoms with Crippen molar-refractivity contribution in [2.45, 2.75) is 38.5 Å². The lowest BCUT2D eigenvalue weighted by Gasteiger charge is -2.34. The van der Waals surface area contributed by atoms with E-state index in [2.05, 4.69) is 0 Å². The zero-order chi connectivity index (χ0) is 22.8. The van der Waals surface area contributed by atoms with Gasteiger partial charge in [-0.3, -0.25) is 9.59 Å². The highest BCUT2D eigenvalue weighted by Gasteiger charge is 2.35. The molecule has 0 spiro atoms. The van der Waals surface area contributed by atoms with Gasteiger partial charge in [0.1, 0.15) is 0 Å². The molecule has 1 aromatic carbocycles. The molecule has 0 saturated carbocycles. The number of amides is 2. The van der Waals surface area contributed by atoms with Crippen molar-refractivity contribution in [3.8, 4) is 0 Å². The number of sulfonamides is 1. The van der Waals surface area contributed by atoms with Crippen LogP contribution in [-0.2, 0) is 24.3 Å². The van der Waals surface area contributed by atoms with Gasteiger partial charge in [-0.25, -0.2) is 8.42 Å². The summed E-state index contributed by atoms with van der Waals surface area (Å²) in [7, 11) is -1.97. The topological polar surface area (TPSA) is 87.2 Å². The number of hydrogen-bond donors (Lipinski definition) is 0. The maximum atomic E-state index is 13.2. The second kappa shape index (κ2) is 9.67. The van der Waals surface area contributed by atoms with E-state index >= 15 is 0 Å². The van der Waals surface area contributed by atoms with Crippen LogP contribution in [0.15, 0.2) is 17.0 Å². The Morgan fingerprint density at radius 1 is 1.03 bits per heavy atom. The minimum Gasteiger partial charge on any atom is -0.378 e. The van der Waals surface area contributed by atoms with E-state index in [1.165, 1.54) is 9.21 Å². The van der Waals surface area contributed by atoms with E-state index in [4.69, 9.17) is 4.74 Å². The average molecular weight is 452 g/mol. The van der Waals surface area contributed by atoms with Gasteiger partial charge in [0.15, 0.2) is 0 Å². The molecule has 172 valence electrons. The van der Waals surface area contributed by atoms with Crippen LogP contribution >= 0.6 is 0 Å². The van der Waals surface area contributed by atoms with E-state index in [9.17, 15) is 18.0 Å². The minimum atomic E-state index is -3.61. The van der Waals surface area contributed by atoms with Crippen LogP contribution in [0.2, 0.25) is 0 Å². The number of likely N-dealkylation sites (N-methyl/N-ethyl adjacent to an activating group) is 1. The number of nitrogens with zero attached hydrogens (tertiary/aromatic N) is 3. The first-order valence-electron chi connectivity index (χ1n) is 10.8. The van der Waals surface area contributed by atoms with Gasteiger partial charge in [-0.1, -0.05) is 17.7 Å². The molecule has 9 heteroatoms. The summed E-state index contributed by atoms with van der Waals surface area (Å²) in [5.74, 6) is -0.444. The van der Waals surface area contributed by atoms with Crippen molar-refractivity contribution in [2.75, 3.05) is 53.0 Å². The maximum absolute atomic E-state index is 13.2. The summed E-state index contributed by atoms with van der Waals surface area (Å²) < 4.78 is 33.2. The summed E-state index contributed by atoms with van der Waals surface area (Å²) in [4.78, 5) is 28.8. The second-order valence-corrected chi connectivity index (χ2v) is 10.5. The molecule has 2 amide bonds. The van der Waals surface area contributed by atoms with Crippen LogP contribution in [0.3, 0.4) is 0 Å². The van der Waals surface area contributed by atoms with Crippen molar-refractivity contribution in [1.82, 2.24) is 14.1 Å². The molecule has 8 nitrogen and oxygen atoms in total. The first-order chi connectivity index (χ1) is 14.6. The monoisotopic (exact) mass is 451 g/mol. The van der Waals surface area contributed by atoms with Gasteiger partial charge in [-0.2, -0.15) is 4.31 Å². The molecule has 0 bridgehead atoms. The third kappa shape index (κ3) is 5.27. The summed E-state index contributed by atoms with van der Waals surface area (Å²) in [6.45, 7) is 8.39. The lowest BCUT2D eigenvalue weighted by molar-refractivity contribution is -0.144. The molecule has 0 radical (unpaired) electrons. The fourth-order valence-electron chi connectivity index (χ4n) is 4.55. The molecule has 0 unspecified atom stereocenters. The maximum Gasteiger partial charge on any atom is 0.243 e. The number of carbonyl (C=O) groups is 2. The molecule has 0 N–H and O–H groups in total. The summed E-state index contributed by atoms with van der Waals surface area (Å²) in [5, 5.41) is 0. The predicted octanol–water partition coefficient (Wildman–Crippen LogP) is 1.33. The largest absolute Gasteiger partial charge is 0.378 e. The van der Waals surface area contributed by atoms with Crippen LogP contribution in [0.1, 0.15) is 29.5 Å². The van der Waals surface area contributed by atoms with E-state index in [1.807, 2.05) is 32.9 Å². The van der Waals surface area contributed by atoms with Crippen LogP contribution in [0.25, 0.3) is 0 Å². The van der Waals surface area contributed by atoms with Gasteiger partial charge in [0, 0.05) is 39.1 Å². The number of rotatable bonds is 5. The Kier molecular flexibility index (Phi) is 7.39. The second-order valence-electron chi connectivity index (χ2n) is 8.59. The Hall–Kier alpha value is -1.97. The normalized spacial score (nSPS) is 18.8. The molecule has 2 aliphatic rings. The SMILES string of the molecule is Cc1cc(C)c(S(=O)(=O)N2CCC(C(=O)N(C)CC(=O)N3CCOCC3)CC2)c(C)c1. The number of morpholine rings is 1. The van der Waals surface area contributed by atoms with Gasteiger partial charge in [-0.15, -0.1) is 0 Å². The van der Waals surface area contributed by atoms with Crippen LogP contribution in [0.5, 0.6) is 0 Å². The Bertz CT molecular complexity index is 909. The molecule has 3 rings (SSSR count).